The van der Waals surface area contributed by atoms with Crippen molar-refractivity contribution in [2.24, 2.45) is 0 Å². The van der Waals surface area contributed by atoms with E-state index >= 15 is 0 Å². The molecular weight excluding hydrogens is 318 g/mol. The Labute approximate surface area is 156 Å². The van der Waals surface area contributed by atoms with E-state index in [2.05, 4.69) is 78.1 Å². The van der Waals surface area contributed by atoms with E-state index in [1.807, 2.05) is 30.7 Å². The van der Waals surface area contributed by atoms with Crippen molar-refractivity contribution in [2.75, 3.05) is 11.4 Å². The summed E-state index contributed by atoms with van der Waals surface area (Å²) in [5.74, 6) is 1.01. The minimum absolute atomic E-state index is 0.194. The second kappa shape index (κ2) is 8.13. The number of anilines is 1. The van der Waals surface area contributed by atoms with Crippen LogP contribution in [0.2, 0.25) is 0 Å². The third-order valence-electron chi connectivity index (χ3n) is 4.59. The summed E-state index contributed by atoms with van der Waals surface area (Å²) in [6.07, 6.45) is 6.54. The zero-order chi connectivity index (χ0) is 18.4. The van der Waals surface area contributed by atoms with Gasteiger partial charge in [-0.25, -0.2) is 4.98 Å². The van der Waals surface area contributed by atoms with Crippen molar-refractivity contribution in [1.29, 1.82) is 0 Å². The first kappa shape index (κ1) is 18.1. The SMILES string of the molecule is CC(C)(C)c1ccc(CCN(Cc2ccncc2)c2ccccn2)cc1. The lowest BCUT2D eigenvalue weighted by Crippen LogP contribution is -2.26. The molecule has 3 rings (SSSR count). The molecule has 3 aromatic rings. The average molecular weight is 345 g/mol. The highest BCUT2D eigenvalue weighted by atomic mass is 15.2. The molecule has 0 bridgehead atoms. The average Bonchev–Trinajstić information content (AvgIpc) is 2.66. The summed E-state index contributed by atoms with van der Waals surface area (Å²) < 4.78 is 0. The molecule has 3 heteroatoms. The van der Waals surface area contributed by atoms with Crippen molar-refractivity contribution in [3.05, 3.63) is 89.9 Å². The van der Waals surface area contributed by atoms with Crippen molar-refractivity contribution in [2.45, 2.75) is 39.2 Å². The molecule has 0 aliphatic rings. The van der Waals surface area contributed by atoms with Gasteiger partial charge >= 0.3 is 0 Å². The molecule has 0 amide bonds. The summed E-state index contributed by atoms with van der Waals surface area (Å²) in [5.41, 5.74) is 4.17. The van der Waals surface area contributed by atoms with E-state index in [4.69, 9.17) is 0 Å². The van der Waals surface area contributed by atoms with Gasteiger partial charge in [0.15, 0.2) is 0 Å². The van der Waals surface area contributed by atoms with Gasteiger partial charge in [0.2, 0.25) is 0 Å². The standard InChI is InChI=1S/C23H27N3/c1-23(2,3)21-9-7-19(8-10-21)13-17-26(22-6-4-5-14-25-22)18-20-11-15-24-16-12-20/h4-12,14-16H,13,17-18H2,1-3H3. The fourth-order valence-electron chi connectivity index (χ4n) is 2.96. The number of rotatable bonds is 6. The van der Waals surface area contributed by atoms with E-state index in [1.165, 1.54) is 16.7 Å². The molecule has 0 unspecified atom stereocenters. The summed E-state index contributed by atoms with van der Waals surface area (Å²) in [6, 6.07) is 19.2. The van der Waals surface area contributed by atoms with Crippen molar-refractivity contribution in [3.63, 3.8) is 0 Å². The first-order chi connectivity index (χ1) is 12.5. The Hall–Kier alpha value is -2.68. The first-order valence-electron chi connectivity index (χ1n) is 9.17. The first-order valence-corrected chi connectivity index (χ1v) is 9.17. The fourth-order valence-corrected chi connectivity index (χ4v) is 2.96. The van der Waals surface area contributed by atoms with Crippen molar-refractivity contribution in [3.8, 4) is 0 Å². The van der Waals surface area contributed by atoms with Crippen molar-refractivity contribution >= 4 is 5.82 Å². The van der Waals surface area contributed by atoms with E-state index in [1.54, 1.807) is 0 Å². The zero-order valence-electron chi connectivity index (χ0n) is 15.9. The van der Waals surface area contributed by atoms with Crippen LogP contribution in [-0.2, 0) is 18.4 Å². The van der Waals surface area contributed by atoms with Crippen LogP contribution in [0.25, 0.3) is 0 Å². The van der Waals surface area contributed by atoms with Crippen LogP contribution in [0.1, 0.15) is 37.5 Å². The quantitative estimate of drug-likeness (QED) is 0.628. The van der Waals surface area contributed by atoms with Gasteiger partial charge < -0.3 is 4.90 Å². The molecule has 0 atom stereocenters. The van der Waals surface area contributed by atoms with Crippen LogP contribution in [0.5, 0.6) is 0 Å². The summed E-state index contributed by atoms with van der Waals surface area (Å²) >= 11 is 0. The maximum atomic E-state index is 4.54. The molecule has 3 nitrogen and oxygen atoms in total. The Morgan fingerprint density at radius 2 is 1.54 bits per heavy atom. The molecule has 0 aliphatic heterocycles. The Balaban J connectivity index is 1.72. The zero-order valence-corrected chi connectivity index (χ0v) is 15.9. The summed E-state index contributed by atoms with van der Waals surface area (Å²) in [6.45, 7) is 8.51. The molecule has 0 N–H and O–H groups in total. The van der Waals surface area contributed by atoms with E-state index in [0.29, 0.717) is 0 Å². The maximum absolute atomic E-state index is 4.54. The molecule has 26 heavy (non-hydrogen) atoms. The molecule has 0 aliphatic carbocycles. The predicted molar refractivity (Wildman–Crippen MR) is 108 cm³/mol. The topological polar surface area (TPSA) is 29.0 Å². The van der Waals surface area contributed by atoms with Gasteiger partial charge in [-0.15, -0.1) is 0 Å². The van der Waals surface area contributed by atoms with Crippen LogP contribution >= 0.6 is 0 Å². The van der Waals surface area contributed by atoms with Crippen LogP contribution in [0.3, 0.4) is 0 Å². The fraction of sp³-hybridized carbons (Fsp3) is 0.304. The highest BCUT2D eigenvalue weighted by Gasteiger charge is 2.13. The lowest BCUT2D eigenvalue weighted by molar-refractivity contribution is 0.590. The van der Waals surface area contributed by atoms with Gasteiger partial charge in [0, 0.05) is 31.7 Å². The van der Waals surface area contributed by atoms with Crippen LogP contribution in [0, 0.1) is 0 Å². The number of pyridine rings is 2. The number of hydrogen-bond acceptors (Lipinski definition) is 3. The molecule has 134 valence electrons. The largest absolute Gasteiger partial charge is 0.352 e. The molecular formula is C23H27N3. The minimum Gasteiger partial charge on any atom is -0.352 e. The Morgan fingerprint density at radius 1 is 0.808 bits per heavy atom. The van der Waals surface area contributed by atoms with Gasteiger partial charge in [-0.05, 0) is 52.8 Å². The van der Waals surface area contributed by atoms with Gasteiger partial charge in [0.25, 0.3) is 0 Å². The van der Waals surface area contributed by atoms with E-state index < -0.39 is 0 Å². The van der Waals surface area contributed by atoms with E-state index in [0.717, 1.165) is 25.3 Å². The highest BCUT2D eigenvalue weighted by Crippen LogP contribution is 2.22. The molecule has 0 saturated heterocycles. The van der Waals surface area contributed by atoms with Crippen LogP contribution in [0.15, 0.2) is 73.2 Å². The normalized spacial score (nSPS) is 11.3. The van der Waals surface area contributed by atoms with Crippen molar-refractivity contribution < 1.29 is 0 Å². The lowest BCUT2D eigenvalue weighted by atomic mass is 9.86. The van der Waals surface area contributed by atoms with Crippen LogP contribution < -0.4 is 4.90 Å². The molecule has 0 radical (unpaired) electrons. The minimum atomic E-state index is 0.194. The summed E-state index contributed by atoms with van der Waals surface area (Å²) in [5, 5.41) is 0. The number of benzene rings is 1. The molecule has 2 aromatic heterocycles. The Morgan fingerprint density at radius 3 is 2.15 bits per heavy atom. The lowest BCUT2D eigenvalue weighted by Gasteiger charge is -2.24. The smallest absolute Gasteiger partial charge is 0.128 e. The Bertz CT molecular complexity index is 790. The summed E-state index contributed by atoms with van der Waals surface area (Å²) in [7, 11) is 0. The van der Waals surface area contributed by atoms with Gasteiger partial charge in [-0.2, -0.15) is 0 Å². The number of nitrogens with zero attached hydrogens (tertiary/aromatic N) is 3. The van der Waals surface area contributed by atoms with E-state index in [9.17, 15) is 0 Å². The third kappa shape index (κ3) is 4.92. The molecule has 0 fully saturated rings. The molecule has 0 saturated carbocycles. The molecule has 1 aromatic carbocycles. The second-order valence-electron chi connectivity index (χ2n) is 7.66. The predicted octanol–water partition coefficient (Wildman–Crippen LogP) is 5.02. The molecule has 2 heterocycles. The number of aromatic nitrogens is 2. The second-order valence-corrected chi connectivity index (χ2v) is 7.66. The Kier molecular flexibility index (Phi) is 5.67. The number of hydrogen-bond donors (Lipinski definition) is 0. The van der Waals surface area contributed by atoms with Gasteiger partial charge in [0.1, 0.15) is 5.82 Å². The van der Waals surface area contributed by atoms with E-state index in [-0.39, 0.29) is 5.41 Å². The highest BCUT2D eigenvalue weighted by molar-refractivity contribution is 5.39. The van der Waals surface area contributed by atoms with Crippen LogP contribution in [-0.4, -0.2) is 16.5 Å². The summed E-state index contributed by atoms with van der Waals surface area (Å²) in [4.78, 5) is 11.0. The van der Waals surface area contributed by atoms with Gasteiger partial charge in [-0.1, -0.05) is 51.1 Å². The van der Waals surface area contributed by atoms with Crippen LogP contribution in [0.4, 0.5) is 5.82 Å². The third-order valence-corrected chi connectivity index (χ3v) is 4.59. The van der Waals surface area contributed by atoms with Gasteiger partial charge in [-0.3, -0.25) is 4.98 Å². The maximum Gasteiger partial charge on any atom is 0.128 e. The van der Waals surface area contributed by atoms with Gasteiger partial charge in [0.05, 0.1) is 0 Å². The van der Waals surface area contributed by atoms with Crippen molar-refractivity contribution in [1.82, 2.24) is 9.97 Å². The molecule has 0 spiro atoms. The monoisotopic (exact) mass is 345 g/mol.